The SMILES string of the molecule is CCCCCCCCc1c2[n+](cc3c(OCc4ccccc4)c(OC)ccc13)CCc1cc(OCc3ccccc3)c(O)cc1-2. The van der Waals surface area contributed by atoms with Crippen LogP contribution in [0.15, 0.2) is 91.1 Å². The highest BCUT2D eigenvalue weighted by Gasteiger charge is 2.31. The lowest BCUT2D eigenvalue weighted by Gasteiger charge is -2.22. The first-order valence-electron chi connectivity index (χ1n) is 16.4. The van der Waals surface area contributed by atoms with E-state index in [0.29, 0.717) is 19.0 Å². The van der Waals surface area contributed by atoms with E-state index in [1.54, 1.807) is 7.11 Å². The Bertz CT molecular complexity index is 1730. The van der Waals surface area contributed by atoms with Crippen molar-refractivity contribution in [3.63, 3.8) is 0 Å². The van der Waals surface area contributed by atoms with E-state index in [1.807, 2.05) is 66.7 Å². The number of unbranched alkanes of at least 4 members (excludes halogenated alkanes) is 5. The molecule has 0 atom stereocenters. The van der Waals surface area contributed by atoms with Gasteiger partial charge in [-0.15, -0.1) is 0 Å². The van der Waals surface area contributed by atoms with Crippen LogP contribution in [0.25, 0.3) is 22.0 Å². The lowest BCUT2D eigenvalue weighted by atomic mass is 9.89. The second-order valence-electron chi connectivity index (χ2n) is 12.0. The summed E-state index contributed by atoms with van der Waals surface area (Å²) in [4.78, 5) is 0. The molecule has 45 heavy (non-hydrogen) atoms. The lowest BCUT2D eigenvalue weighted by Crippen LogP contribution is -2.41. The van der Waals surface area contributed by atoms with Crippen molar-refractivity contribution in [3.05, 3.63) is 113 Å². The van der Waals surface area contributed by atoms with E-state index in [1.165, 1.54) is 54.3 Å². The third-order valence-electron chi connectivity index (χ3n) is 8.87. The summed E-state index contributed by atoms with van der Waals surface area (Å²) >= 11 is 0. The highest BCUT2D eigenvalue weighted by Crippen LogP contribution is 2.43. The summed E-state index contributed by atoms with van der Waals surface area (Å²) in [6.45, 7) is 3.98. The number of aromatic hydroxyl groups is 1. The summed E-state index contributed by atoms with van der Waals surface area (Å²) in [5.74, 6) is 2.21. The van der Waals surface area contributed by atoms with Gasteiger partial charge in [-0.25, -0.2) is 0 Å². The van der Waals surface area contributed by atoms with Gasteiger partial charge in [0.15, 0.2) is 35.7 Å². The molecule has 4 aromatic carbocycles. The molecule has 0 amide bonds. The van der Waals surface area contributed by atoms with Gasteiger partial charge in [0, 0.05) is 17.4 Å². The molecule has 0 radical (unpaired) electrons. The zero-order chi connectivity index (χ0) is 31.0. The number of aromatic nitrogens is 1. The van der Waals surface area contributed by atoms with E-state index < -0.39 is 0 Å². The topological polar surface area (TPSA) is 51.8 Å². The van der Waals surface area contributed by atoms with Crippen LogP contribution in [-0.4, -0.2) is 12.2 Å². The van der Waals surface area contributed by atoms with Gasteiger partial charge < -0.3 is 19.3 Å². The fourth-order valence-corrected chi connectivity index (χ4v) is 6.49. The standard InChI is InChI=1S/C40H43NO4/c1-3-4-5-6-7-14-19-33-32-20-21-37(43-2)40(45-28-30-17-12-9-13-18-30)35(32)26-41-23-22-31-24-38(36(42)25-34(31)39(33)41)44-27-29-15-10-8-11-16-29/h8-13,15-18,20-21,24-26H,3-7,14,19,22-23,27-28H2,1-2H3/p+1. The van der Waals surface area contributed by atoms with Crippen LogP contribution in [0.5, 0.6) is 23.0 Å². The predicted molar refractivity (Wildman–Crippen MR) is 180 cm³/mol. The fraction of sp³-hybridized carbons (Fsp3) is 0.325. The summed E-state index contributed by atoms with van der Waals surface area (Å²) in [5, 5.41) is 13.4. The average Bonchev–Trinajstić information content (AvgIpc) is 3.08. The number of fused-ring (bicyclic) bond motifs is 4. The lowest BCUT2D eigenvalue weighted by molar-refractivity contribution is -0.686. The molecule has 232 valence electrons. The van der Waals surface area contributed by atoms with Crippen LogP contribution in [0.2, 0.25) is 0 Å². The first-order valence-corrected chi connectivity index (χ1v) is 16.4. The van der Waals surface area contributed by atoms with Gasteiger partial charge in [0.05, 0.1) is 18.1 Å². The molecular weight excluding hydrogens is 558 g/mol. The minimum absolute atomic E-state index is 0.172. The quantitative estimate of drug-likeness (QED) is 0.102. The molecule has 6 rings (SSSR count). The van der Waals surface area contributed by atoms with Gasteiger partial charge in [0.1, 0.15) is 13.2 Å². The number of rotatable bonds is 14. The van der Waals surface area contributed by atoms with E-state index in [-0.39, 0.29) is 5.75 Å². The smallest absolute Gasteiger partial charge is 0.216 e. The Morgan fingerprint density at radius 2 is 1.42 bits per heavy atom. The minimum atomic E-state index is 0.172. The van der Waals surface area contributed by atoms with Crippen LogP contribution in [-0.2, 0) is 32.6 Å². The Morgan fingerprint density at radius 3 is 2.13 bits per heavy atom. The molecule has 2 heterocycles. The van der Waals surface area contributed by atoms with Crippen LogP contribution in [0.3, 0.4) is 0 Å². The number of ether oxygens (including phenoxy) is 3. The Morgan fingerprint density at radius 1 is 0.733 bits per heavy atom. The van der Waals surface area contributed by atoms with Gasteiger partial charge in [-0.3, -0.25) is 0 Å². The van der Waals surface area contributed by atoms with Crippen LogP contribution < -0.4 is 18.8 Å². The molecular formula is C40H44NO4+. The molecule has 0 fully saturated rings. The largest absolute Gasteiger partial charge is 0.504 e. The first kappa shape index (κ1) is 30.5. The number of nitrogens with zero attached hydrogens (tertiary/aromatic N) is 1. The zero-order valence-electron chi connectivity index (χ0n) is 26.6. The Hall–Kier alpha value is -4.51. The number of hydrogen-bond acceptors (Lipinski definition) is 4. The molecule has 1 aliphatic heterocycles. The highest BCUT2D eigenvalue weighted by atomic mass is 16.5. The van der Waals surface area contributed by atoms with Gasteiger partial charge in [0.25, 0.3) is 0 Å². The molecule has 5 aromatic rings. The van der Waals surface area contributed by atoms with Crippen molar-refractivity contribution in [2.24, 2.45) is 0 Å². The molecule has 0 unspecified atom stereocenters. The van der Waals surface area contributed by atoms with Crippen molar-refractivity contribution < 1.29 is 23.9 Å². The summed E-state index contributed by atoms with van der Waals surface area (Å²) in [6.07, 6.45) is 11.4. The van der Waals surface area contributed by atoms with E-state index in [9.17, 15) is 5.11 Å². The van der Waals surface area contributed by atoms with Crippen LogP contribution >= 0.6 is 0 Å². The zero-order valence-corrected chi connectivity index (χ0v) is 26.6. The van der Waals surface area contributed by atoms with Crippen molar-refractivity contribution in [2.45, 2.75) is 78.0 Å². The summed E-state index contributed by atoms with van der Waals surface area (Å²) in [6, 6.07) is 28.5. The Labute approximate surface area is 267 Å². The molecule has 0 aliphatic carbocycles. The third kappa shape index (κ3) is 6.93. The number of phenols is 1. The number of benzene rings is 4. The van der Waals surface area contributed by atoms with Gasteiger partial charge in [-0.1, -0.05) is 99.7 Å². The van der Waals surface area contributed by atoms with Crippen molar-refractivity contribution in [3.8, 4) is 34.3 Å². The highest BCUT2D eigenvalue weighted by molar-refractivity contribution is 5.95. The number of hydrogen-bond donors (Lipinski definition) is 1. The second kappa shape index (κ2) is 14.5. The predicted octanol–water partition coefficient (Wildman–Crippen LogP) is 9.13. The molecule has 1 N–H and O–H groups in total. The molecule has 0 saturated heterocycles. The molecule has 1 aliphatic rings. The third-order valence-corrected chi connectivity index (χ3v) is 8.87. The summed E-state index contributed by atoms with van der Waals surface area (Å²) < 4.78 is 20.8. The average molecular weight is 603 g/mol. The van der Waals surface area contributed by atoms with Gasteiger partial charge in [-0.2, -0.15) is 4.57 Å². The van der Waals surface area contributed by atoms with Gasteiger partial charge in [0.2, 0.25) is 5.69 Å². The van der Waals surface area contributed by atoms with Crippen molar-refractivity contribution in [1.82, 2.24) is 0 Å². The van der Waals surface area contributed by atoms with Gasteiger partial charge in [-0.05, 0) is 53.8 Å². The Kier molecular flexibility index (Phi) is 9.84. The van der Waals surface area contributed by atoms with Crippen LogP contribution in [0.1, 0.15) is 67.7 Å². The number of phenolic OH excluding ortho intramolecular Hbond substituents is 1. The van der Waals surface area contributed by atoms with E-state index in [2.05, 4.69) is 35.9 Å². The fourth-order valence-electron chi connectivity index (χ4n) is 6.49. The maximum absolute atomic E-state index is 11.2. The Balaban J connectivity index is 1.40. The number of pyridine rings is 1. The minimum Gasteiger partial charge on any atom is -0.504 e. The molecule has 5 nitrogen and oxygen atoms in total. The monoisotopic (exact) mass is 602 g/mol. The normalized spacial score (nSPS) is 12.0. The molecule has 5 heteroatoms. The summed E-state index contributed by atoms with van der Waals surface area (Å²) in [7, 11) is 1.70. The first-order chi connectivity index (χ1) is 22.2. The molecule has 0 bridgehead atoms. The maximum atomic E-state index is 11.2. The van der Waals surface area contributed by atoms with Crippen molar-refractivity contribution in [1.29, 1.82) is 0 Å². The van der Waals surface area contributed by atoms with E-state index in [4.69, 9.17) is 14.2 Å². The molecule has 0 spiro atoms. The van der Waals surface area contributed by atoms with E-state index >= 15 is 0 Å². The van der Waals surface area contributed by atoms with Crippen LogP contribution in [0, 0.1) is 0 Å². The second-order valence-corrected chi connectivity index (χ2v) is 12.0. The van der Waals surface area contributed by atoms with E-state index in [0.717, 1.165) is 59.4 Å². The number of aryl methyl sites for hydroxylation is 3. The van der Waals surface area contributed by atoms with Crippen LogP contribution in [0.4, 0.5) is 0 Å². The number of methoxy groups -OCH3 is 1. The molecule has 0 saturated carbocycles. The molecule has 1 aromatic heterocycles. The summed E-state index contributed by atoms with van der Waals surface area (Å²) in [5.41, 5.74) is 6.95. The maximum Gasteiger partial charge on any atom is 0.216 e. The van der Waals surface area contributed by atoms with Crippen molar-refractivity contribution in [2.75, 3.05) is 7.11 Å². The van der Waals surface area contributed by atoms with Gasteiger partial charge >= 0.3 is 0 Å². The van der Waals surface area contributed by atoms with Crippen molar-refractivity contribution >= 4 is 10.8 Å².